The molecule has 1 aromatic rings. The van der Waals surface area contributed by atoms with Crippen molar-refractivity contribution in [2.75, 3.05) is 34.0 Å². The molecular weight excluding hydrogens is 427 g/mol. The van der Waals surface area contributed by atoms with Crippen LogP contribution in [0.1, 0.15) is 12.5 Å². The molecule has 0 aromatic heterocycles. The monoisotopic (exact) mass is 452 g/mol. The third kappa shape index (κ3) is 8.99. The topological polar surface area (TPSA) is 98.0 Å². The van der Waals surface area contributed by atoms with Crippen LogP contribution in [0.3, 0.4) is 0 Å². The third-order valence-corrected chi connectivity index (χ3v) is 2.97. The highest BCUT2D eigenvalue weighted by atomic mass is 127. The van der Waals surface area contributed by atoms with E-state index in [4.69, 9.17) is 9.47 Å². The Morgan fingerprint density at radius 1 is 1.29 bits per heavy atom. The van der Waals surface area contributed by atoms with Crippen LogP contribution < -0.4 is 10.6 Å². The molecule has 9 heteroatoms. The molecule has 0 saturated heterocycles. The van der Waals surface area contributed by atoms with Crippen molar-refractivity contribution in [3.63, 3.8) is 0 Å². The fraction of sp³-hybridized carbons (Fsp3) is 0.533. The van der Waals surface area contributed by atoms with Gasteiger partial charge in [0.1, 0.15) is 0 Å². The number of benzene rings is 1. The van der Waals surface area contributed by atoms with Crippen LogP contribution >= 0.6 is 24.0 Å². The molecule has 0 aliphatic rings. The van der Waals surface area contributed by atoms with Crippen molar-refractivity contribution in [3.8, 4) is 0 Å². The summed E-state index contributed by atoms with van der Waals surface area (Å²) in [6.07, 6.45) is 0. The summed E-state index contributed by atoms with van der Waals surface area (Å²) >= 11 is 0. The Bertz CT molecular complexity index is 511. The summed E-state index contributed by atoms with van der Waals surface area (Å²) in [4.78, 5) is 14.7. The van der Waals surface area contributed by atoms with E-state index in [9.17, 15) is 10.1 Å². The summed E-state index contributed by atoms with van der Waals surface area (Å²) in [6.45, 7) is 4.16. The molecule has 0 fully saturated rings. The molecule has 0 aliphatic heterocycles. The molecule has 136 valence electrons. The summed E-state index contributed by atoms with van der Waals surface area (Å²) in [6, 6.07) is 6.46. The number of methoxy groups -OCH3 is 2. The largest absolute Gasteiger partial charge is 0.383 e. The van der Waals surface area contributed by atoms with Crippen LogP contribution in [0.4, 0.5) is 5.69 Å². The molecule has 1 atom stereocenters. The number of non-ortho nitro benzene ring substituents is 1. The number of nitro benzene ring substituents is 1. The van der Waals surface area contributed by atoms with Crippen molar-refractivity contribution in [2.24, 2.45) is 4.99 Å². The van der Waals surface area contributed by atoms with Crippen LogP contribution in [0.25, 0.3) is 0 Å². The minimum Gasteiger partial charge on any atom is -0.383 e. The van der Waals surface area contributed by atoms with E-state index in [1.807, 2.05) is 6.92 Å². The van der Waals surface area contributed by atoms with Crippen LogP contribution in [0.2, 0.25) is 0 Å². The number of halogens is 1. The Balaban J connectivity index is 0.00000529. The highest BCUT2D eigenvalue weighted by Gasteiger charge is 2.06. The van der Waals surface area contributed by atoms with E-state index in [1.54, 1.807) is 26.4 Å². The van der Waals surface area contributed by atoms with Gasteiger partial charge in [0.05, 0.1) is 24.7 Å². The smallest absolute Gasteiger partial charge is 0.269 e. The maximum absolute atomic E-state index is 10.6. The Morgan fingerprint density at radius 2 is 1.96 bits per heavy atom. The van der Waals surface area contributed by atoms with Crippen LogP contribution in [-0.2, 0) is 16.0 Å². The Labute approximate surface area is 159 Å². The lowest BCUT2D eigenvalue weighted by Crippen LogP contribution is -2.45. The van der Waals surface area contributed by atoms with E-state index in [0.717, 1.165) is 5.56 Å². The average molecular weight is 452 g/mol. The molecule has 1 rings (SSSR count). The van der Waals surface area contributed by atoms with Gasteiger partial charge in [-0.05, 0) is 12.5 Å². The fourth-order valence-electron chi connectivity index (χ4n) is 1.84. The zero-order chi connectivity index (χ0) is 17.1. The van der Waals surface area contributed by atoms with Crippen molar-refractivity contribution < 1.29 is 14.4 Å². The number of guanidine groups is 1. The summed E-state index contributed by atoms with van der Waals surface area (Å²) in [5.74, 6) is 0.643. The van der Waals surface area contributed by atoms with E-state index < -0.39 is 4.92 Å². The molecule has 1 unspecified atom stereocenters. The van der Waals surface area contributed by atoms with E-state index in [1.165, 1.54) is 12.1 Å². The van der Waals surface area contributed by atoms with Gasteiger partial charge in [-0.15, -0.1) is 24.0 Å². The predicted molar refractivity (Wildman–Crippen MR) is 104 cm³/mol. The van der Waals surface area contributed by atoms with E-state index >= 15 is 0 Å². The standard InChI is InChI=1S/C15H24N4O4.HI/c1-12(11-23-3)18-15(16-8-9-22-2)17-10-13-4-6-14(7-5-13)19(20)21;/h4-7,12H,8-11H2,1-3H3,(H2,16,17,18);1H. The second-order valence-corrected chi connectivity index (χ2v) is 5.01. The lowest BCUT2D eigenvalue weighted by molar-refractivity contribution is -0.384. The third-order valence-electron chi connectivity index (χ3n) is 2.97. The Kier molecular flexibility index (Phi) is 12.1. The molecule has 1 aromatic carbocycles. The van der Waals surface area contributed by atoms with Crippen molar-refractivity contribution in [1.29, 1.82) is 0 Å². The first-order valence-electron chi connectivity index (χ1n) is 7.33. The van der Waals surface area contributed by atoms with Crippen molar-refractivity contribution in [3.05, 3.63) is 39.9 Å². The minimum atomic E-state index is -0.418. The number of nitrogens with zero attached hydrogens (tertiary/aromatic N) is 2. The predicted octanol–water partition coefficient (Wildman–Crippen LogP) is 1.93. The molecule has 0 saturated carbocycles. The van der Waals surface area contributed by atoms with E-state index in [0.29, 0.717) is 32.3 Å². The summed E-state index contributed by atoms with van der Waals surface area (Å²) in [7, 11) is 3.28. The number of nitrogens with one attached hydrogen (secondary N) is 2. The van der Waals surface area contributed by atoms with Crippen LogP contribution in [0, 0.1) is 10.1 Å². The van der Waals surface area contributed by atoms with E-state index in [2.05, 4.69) is 15.6 Å². The van der Waals surface area contributed by atoms with E-state index in [-0.39, 0.29) is 35.7 Å². The number of ether oxygens (including phenoxy) is 2. The quantitative estimate of drug-likeness (QED) is 0.148. The lowest BCUT2D eigenvalue weighted by Gasteiger charge is -2.17. The van der Waals surface area contributed by atoms with Crippen molar-refractivity contribution in [2.45, 2.75) is 19.5 Å². The lowest BCUT2D eigenvalue weighted by atomic mass is 10.2. The molecule has 24 heavy (non-hydrogen) atoms. The van der Waals surface area contributed by atoms with Gasteiger partial charge in [-0.1, -0.05) is 12.1 Å². The molecule has 8 nitrogen and oxygen atoms in total. The van der Waals surface area contributed by atoms with Gasteiger partial charge >= 0.3 is 0 Å². The van der Waals surface area contributed by atoms with Crippen molar-refractivity contribution in [1.82, 2.24) is 10.6 Å². The van der Waals surface area contributed by atoms with Crippen LogP contribution in [-0.4, -0.2) is 50.9 Å². The molecule has 0 aliphatic carbocycles. The average Bonchev–Trinajstić information content (AvgIpc) is 2.53. The van der Waals surface area contributed by atoms with Gasteiger partial charge < -0.3 is 20.1 Å². The van der Waals surface area contributed by atoms with Gasteiger partial charge in [0.25, 0.3) is 5.69 Å². The van der Waals surface area contributed by atoms with Gasteiger partial charge in [0.15, 0.2) is 5.96 Å². The number of aliphatic imine (C=N–C) groups is 1. The number of rotatable bonds is 9. The highest BCUT2D eigenvalue weighted by Crippen LogP contribution is 2.12. The van der Waals surface area contributed by atoms with Gasteiger partial charge in [-0.2, -0.15) is 0 Å². The van der Waals surface area contributed by atoms with Gasteiger partial charge in [-0.25, -0.2) is 4.99 Å². The number of nitro groups is 1. The molecule has 2 N–H and O–H groups in total. The molecule has 0 spiro atoms. The van der Waals surface area contributed by atoms with Crippen LogP contribution in [0.5, 0.6) is 0 Å². The summed E-state index contributed by atoms with van der Waals surface area (Å²) in [5.41, 5.74) is 0.964. The molecule has 0 amide bonds. The Morgan fingerprint density at radius 3 is 2.50 bits per heavy atom. The molecular formula is C15H25IN4O4. The van der Waals surface area contributed by atoms with Crippen molar-refractivity contribution >= 4 is 35.6 Å². The normalized spacial score (nSPS) is 12.2. The van der Waals surface area contributed by atoms with Gasteiger partial charge in [0, 0.05) is 38.9 Å². The minimum absolute atomic E-state index is 0. The second-order valence-electron chi connectivity index (χ2n) is 5.01. The maximum Gasteiger partial charge on any atom is 0.269 e. The molecule has 0 radical (unpaired) electrons. The second kappa shape index (κ2) is 12.9. The maximum atomic E-state index is 10.6. The summed E-state index contributed by atoms with van der Waals surface area (Å²) < 4.78 is 10.1. The molecule has 0 bridgehead atoms. The summed E-state index contributed by atoms with van der Waals surface area (Å²) in [5, 5.41) is 17.0. The fourth-order valence-corrected chi connectivity index (χ4v) is 1.84. The van der Waals surface area contributed by atoms with Crippen LogP contribution in [0.15, 0.2) is 29.3 Å². The number of hydrogen-bond acceptors (Lipinski definition) is 5. The number of hydrogen-bond donors (Lipinski definition) is 2. The van der Waals surface area contributed by atoms with Gasteiger partial charge in [0.2, 0.25) is 0 Å². The zero-order valence-corrected chi connectivity index (χ0v) is 16.5. The Hall–Kier alpha value is -1.46. The first kappa shape index (κ1) is 22.5. The first-order chi connectivity index (χ1) is 11.1. The van der Waals surface area contributed by atoms with Gasteiger partial charge in [-0.3, -0.25) is 10.1 Å². The highest BCUT2D eigenvalue weighted by molar-refractivity contribution is 14.0. The molecule has 0 heterocycles. The zero-order valence-electron chi connectivity index (χ0n) is 14.2. The SMILES string of the molecule is COCCNC(=NCc1ccc([N+](=O)[O-])cc1)NC(C)COC.I. The first-order valence-corrected chi connectivity index (χ1v) is 7.33.